The highest BCUT2D eigenvalue weighted by Gasteiger charge is 2.10. The summed E-state index contributed by atoms with van der Waals surface area (Å²) in [6.07, 6.45) is 1.99. The van der Waals surface area contributed by atoms with Gasteiger partial charge in [0.05, 0.1) is 12.2 Å². The summed E-state index contributed by atoms with van der Waals surface area (Å²) in [5.41, 5.74) is 1.98. The number of nitrogens with one attached hydrogen (secondary N) is 2. The van der Waals surface area contributed by atoms with Gasteiger partial charge < -0.3 is 10.6 Å². The van der Waals surface area contributed by atoms with Gasteiger partial charge in [0, 0.05) is 16.1 Å². The van der Waals surface area contributed by atoms with E-state index in [-0.39, 0.29) is 18.2 Å². The van der Waals surface area contributed by atoms with E-state index in [1.165, 1.54) is 6.92 Å². The molecule has 0 spiro atoms. The molecule has 0 bridgehead atoms. The Balaban J connectivity index is 2.01. The summed E-state index contributed by atoms with van der Waals surface area (Å²) >= 11 is 1.62. The van der Waals surface area contributed by atoms with Crippen LogP contribution in [-0.2, 0) is 4.79 Å². The van der Waals surface area contributed by atoms with E-state index in [4.69, 9.17) is 0 Å². The second kappa shape index (κ2) is 7.66. The van der Waals surface area contributed by atoms with Crippen molar-refractivity contribution >= 4 is 34.8 Å². The van der Waals surface area contributed by atoms with Gasteiger partial charge >= 0.3 is 0 Å². The van der Waals surface area contributed by atoms with Gasteiger partial charge in [0.2, 0.25) is 5.91 Å². The van der Waals surface area contributed by atoms with Crippen LogP contribution in [0.4, 0.5) is 11.4 Å². The minimum Gasteiger partial charge on any atom is -0.375 e. The molecule has 0 aromatic heterocycles. The maximum absolute atomic E-state index is 12.1. The lowest BCUT2D eigenvalue weighted by Crippen LogP contribution is -2.23. The predicted molar refractivity (Wildman–Crippen MR) is 91.8 cm³/mol. The van der Waals surface area contributed by atoms with Crippen LogP contribution >= 0.6 is 11.8 Å². The fraction of sp³-hybridized carbons (Fsp3) is 0.176. The molecule has 0 saturated carbocycles. The molecule has 2 aromatic carbocycles. The van der Waals surface area contributed by atoms with E-state index in [0.717, 1.165) is 10.6 Å². The van der Waals surface area contributed by atoms with E-state index in [1.54, 1.807) is 36.0 Å². The van der Waals surface area contributed by atoms with Gasteiger partial charge in [0.25, 0.3) is 0 Å². The zero-order valence-electron chi connectivity index (χ0n) is 12.6. The van der Waals surface area contributed by atoms with E-state index in [9.17, 15) is 9.59 Å². The van der Waals surface area contributed by atoms with E-state index in [1.807, 2.05) is 30.5 Å². The molecule has 114 valence electrons. The Kier molecular flexibility index (Phi) is 5.61. The monoisotopic (exact) mass is 314 g/mol. The number of benzene rings is 2. The summed E-state index contributed by atoms with van der Waals surface area (Å²) in [4.78, 5) is 24.7. The van der Waals surface area contributed by atoms with Crippen molar-refractivity contribution in [1.29, 1.82) is 0 Å². The topological polar surface area (TPSA) is 58.2 Å². The van der Waals surface area contributed by atoms with Crippen molar-refractivity contribution in [2.45, 2.75) is 11.8 Å². The van der Waals surface area contributed by atoms with Crippen LogP contribution in [0.25, 0.3) is 0 Å². The molecule has 0 unspecified atom stereocenters. The number of hydrogen-bond acceptors (Lipinski definition) is 4. The lowest BCUT2D eigenvalue weighted by atomic mass is 10.1. The molecular formula is C17H18N2O2S. The smallest absolute Gasteiger partial charge is 0.243 e. The molecule has 0 fully saturated rings. The molecule has 0 saturated heterocycles. The highest BCUT2D eigenvalue weighted by Crippen LogP contribution is 2.24. The first kappa shape index (κ1) is 16.1. The van der Waals surface area contributed by atoms with Crippen LogP contribution in [0, 0.1) is 0 Å². The van der Waals surface area contributed by atoms with Crippen molar-refractivity contribution in [2.75, 3.05) is 23.4 Å². The largest absolute Gasteiger partial charge is 0.375 e. The van der Waals surface area contributed by atoms with Gasteiger partial charge in [-0.2, -0.15) is 0 Å². The Bertz CT molecular complexity index is 686. The van der Waals surface area contributed by atoms with Gasteiger partial charge in [-0.3, -0.25) is 9.59 Å². The van der Waals surface area contributed by atoms with Crippen LogP contribution in [0.15, 0.2) is 53.4 Å². The number of rotatable bonds is 6. The molecule has 0 radical (unpaired) electrons. The lowest BCUT2D eigenvalue weighted by Gasteiger charge is -2.12. The maximum atomic E-state index is 12.1. The first-order chi connectivity index (χ1) is 10.6. The number of hydrogen-bond donors (Lipinski definition) is 2. The normalized spacial score (nSPS) is 10.1. The van der Waals surface area contributed by atoms with Crippen molar-refractivity contribution in [3.63, 3.8) is 0 Å². The van der Waals surface area contributed by atoms with Crippen molar-refractivity contribution < 1.29 is 9.59 Å². The number of thioether (sulfide) groups is 1. The number of amides is 1. The fourth-order valence-electron chi connectivity index (χ4n) is 2.06. The molecule has 2 N–H and O–H groups in total. The number of carbonyl (C=O) groups is 2. The van der Waals surface area contributed by atoms with Crippen molar-refractivity contribution in [1.82, 2.24) is 0 Å². The second-order valence-corrected chi connectivity index (χ2v) is 5.55. The van der Waals surface area contributed by atoms with E-state index in [2.05, 4.69) is 10.6 Å². The Morgan fingerprint density at radius 2 is 1.64 bits per heavy atom. The first-order valence-electron chi connectivity index (χ1n) is 6.88. The minimum absolute atomic E-state index is 0.0726. The van der Waals surface area contributed by atoms with E-state index >= 15 is 0 Å². The minimum atomic E-state index is -0.190. The van der Waals surface area contributed by atoms with Crippen molar-refractivity contribution in [3.05, 3.63) is 54.1 Å². The van der Waals surface area contributed by atoms with Crippen molar-refractivity contribution in [3.8, 4) is 0 Å². The number of carbonyl (C=O) groups excluding carboxylic acids is 2. The summed E-state index contributed by atoms with van der Waals surface area (Å²) in [5.74, 6) is -0.263. The highest BCUT2D eigenvalue weighted by atomic mass is 32.2. The van der Waals surface area contributed by atoms with Crippen LogP contribution in [0.1, 0.15) is 17.3 Å². The lowest BCUT2D eigenvalue weighted by molar-refractivity contribution is -0.114. The SMILES string of the molecule is CSc1ccccc1NCC(=O)Nc1ccccc1C(C)=O. The van der Waals surface area contributed by atoms with Gasteiger partial charge in [0.15, 0.2) is 5.78 Å². The molecule has 0 atom stereocenters. The highest BCUT2D eigenvalue weighted by molar-refractivity contribution is 7.98. The van der Waals surface area contributed by atoms with Gasteiger partial charge in [-0.05, 0) is 37.4 Å². The predicted octanol–water partition coefficient (Wildman–Crippen LogP) is 3.66. The number of anilines is 2. The third-order valence-electron chi connectivity index (χ3n) is 3.13. The molecular weight excluding hydrogens is 296 g/mol. The first-order valence-corrected chi connectivity index (χ1v) is 8.11. The van der Waals surface area contributed by atoms with Crippen LogP contribution in [-0.4, -0.2) is 24.5 Å². The summed E-state index contributed by atoms with van der Waals surface area (Å²) in [6, 6.07) is 14.8. The van der Waals surface area contributed by atoms with Gasteiger partial charge in [-0.1, -0.05) is 24.3 Å². The quantitative estimate of drug-likeness (QED) is 0.631. The van der Waals surface area contributed by atoms with E-state index < -0.39 is 0 Å². The zero-order chi connectivity index (χ0) is 15.9. The van der Waals surface area contributed by atoms with Gasteiger partial charge in [0.1, 0.15) is 0 Å². The Morgan fingerprint density at radius 3 is 2.32 bits per heavy atom. The molecule has 2 rings (SSSR count). The third kappa shape index (κ3) is 4.11. The fourth-order valence-corrected chi connectivity index (χ4v) is 2.63. The Morgan fingerprint density at radius 1 is 1.00 bits per heavy atom. The second-order valence-electron chi connectivity index (χ2n) is 4.70. The molecule has 22 heavy (non-hydrogen) atoms. The number of para-hydroxylation sites is 2. The molecule has 0 heterocycles. The van der Waals surface area contributed by atoms with Gasteiger partial charge in [-0.15, -0.1) is 11.8 Å². The summed E-state index contributed by atoms with van der Waals surface area (Å²) in [6.45, 7) is 1.63. The standard InChI is InChI=1S/C17H18N2O2S/c1-12(20)13-7-3-4-8-14(13)19-17(21)11-18-15-9-5-6-10-16(15)22-2/h3-10,18H,11H2,1-2H3,(H,19,21). The van der Waals surface area contributed by atoms with Crippen LogP contribution in [0.2, 0.25) is 0 Å². The molecule has 0 aliphatic carbocycles. The van der Waals surface area contributed by atoms with Crippen LogP contribution in [0.3, 0.4) is 0 Å². The molecule has 2 aromatic rings. The number of ketones is 1. The molecule has 0 aliphatic rings. The van der Waals surface area contributed by atoms with Crippen molar-refractivity contribution in [2.24, 2.45) is 0 Å². The van der Waals surface area contributed by atoms with E-state index in [0.29, 0.717) is 11.3 Å². The average Bonchev–Trinajstić information content (AvgIpc) is 2.53. The summed E-state index contributed by atoms with van der Waals surface area (Å²) in [7, 11) is 0. The molecule has 5 heteroatoms. The molecule has 0 aliphatic heterocycles. The number of Topliss-reactive ketones (excluding diaryl/α,β-unsaturated/α-hetero) is 1. The summed E-state index contributed by atoms with van der Waals surface area (Å²) in [5, 5.41) is 5.89. The molecule has 1 amide bonds. The third-order valence-corrected chi connectivity index (χ3v) is 3.92. The Labute approximate surface area is 134 Å². The summed E-state index contributed by atoms with van der Waals surface area (Å²) < 4.78 is 0. The zero-order valence-corrected chi connectivity index (χ0v) is 13.4. The average molecular weight is 314 g/mol. The van der Waals surface area contributed by atoms with Crippen LogP contribution in [0.5, 0.6) is 0 Å². The Hall–Kier alpha value is -2.27. The maximum Gasteiger partial charge on any atom is 0.243 e. The van der Waals surface area contributed by atoms with Gasteiger partial charge in [-0.25, -0.2) is 0 Å². The molecule has 4 nitrogen and oxygen atoms in total. The van der Waals surface area contributed by atoms with Crippen LogP contribution < -0.4 is 10.6 Å².